The predicted molar refractivity (Wildman–Crippen MR) is 98.9 cm³/mol. The van der Waals surface area contributed by atoms with Crippen LogP contribution >= 0.6 is 15.9 Å². The molecule has 1 saturated carbocycles. The van der Waals surface area contributed by atoms with Gasteiger partial charge in [0.05, 0.1) is 6.20 Å². The molecule has 2 heterocycles. The zero-order valence-corrected chi connectivity index (χ0v) is 15.4. The number of aromatic nitrogens is 4. The molecule has 1 amide bonds. The fourth-order valence-corrected chi connectivity index (χ4v) is 2.96. The molecule has 0 bridgehead atoms. The number of benzene rings is 1. The molecule has 1 fully saturated rings. The average molecular weight is 400 g/mol. The first-order valence-electron chi connectivity index (χ1n) is 8.24. The lowest BCUT2D eigenvalue weighted by Gasteiger charge is -2.08. The van der Waals surface area contributed by atoms with Gasteiger partial charge in [-0.2, -0.15) is 5.10 Å². The molecule has 3 aromatic rings. The van der Waals surface area contributed by atoms with E-state index >= 15 is 0 Å². The summed E-state index contributed by atoms with van der Waals surface area (Å²) in [5, 5.41) is 7.34. The van der Waals surface area contributed by atoms with Crippen molar-refractivity contribution in [2.24, 2.45) is 5.92 Å². The van der Waals surface area contributed by atoms with Gasteiger partial charge in [0.15, 0.2) is 0 Å². The number of nitrogens with zero attached hydrogens (tertiary/aromatic N) is 4. The summed E-state index contributed by atoms with van der Waals surface area (Å²) >= 11 is 3.42. The van der Waals surface area contributed by atoms with Crippen molar-refractivity contribution in [1.29, 1.82) is 0 Å². The van der Waals surface area contributed by atoms with E-state index in [9.17, 15) is 4.79 Å². The minimum atomic E-state index is -0.225. The smallest absolute Gasteiger partial charge is 0.277 e. The molecule has 1 aliphatic carbocycles. The van der Waals surface area contributed by atoms with Crippen molar-refractivity contribution in [2.75, 3.05) is 5.32 Å². The van der Waals surface area contributed by atoms with Gasteiger partial charge < -0.3 is 9.88 Å². The second-order valence-electron chi connectivity index (χ2n) is 6.40. The van der Waals surface area contributed by atoms with Crippen molar-refractivity contribution in [3.8, 4) is 5.69 Å². The summed E-state index contributed by atoms with van der Waals surface area (Å²) in [6.45, 7) is 2.81. The predicted octanol–water partition coefficient (Wildman–Crippen LogP) is 3.80. The Morgan fingerprint density at radius 2 is 2.08 bits per heavy atom. The second-order valence-corrected chi connectivity index (χ2v) is 7.31. The third-order valence-corrected chi connectivity index (χ3v) is 4.85. The molecule has 25 heavy (non-hydrogen) atoms. The highest BCUT2D eigenvalue weighted by Crippen LogP contribution is 2.32. The zero-order chi connectivity index (χ0) is 17.4. The largest absolute Gasteiger partial charge is 0.305 e. The number of rotatable bonds is 5. The number of hydrogen-bond donors (Lipinski definition) is 1. The monoisotopic (exact) mass is 399 g/mol. The molecule has 4 rings (SSSR count). The molecule has 0 unspecified atom stereocenters. The lowest BCUT2D eigenvalue weighted by atomic mass is 10.3. The molecule has 0 spiro atoms. The SMILES string of the molecule is Cc1cnn(CC2CC2)c1NC(=O)c1cn(-c2ccc(Br)cc2)cn1. The first-order valence-corrected chi connectivity index (χ1v) is 9.03. The third kappa shape index (κ3) is 3.51. The van der Waals surface area contributed by atoms with E-state index < -0.39 is 0 Å². The minimum Gasteiger partial charge on any atom is -0.305 e. The Bertz CT molecular complexity index is 908. The van der Waals surface area contributed by atoms with E-state index in [2.05, 4.69) is 31.3 Å². The van der Waals surface area contributed by atoms with Crippen LogP contribution in [-0.2, 0) is 6.54 Å². The molecule has 128 valence electrons. The fourth-order valence-electron chi connectivity index (χ4n) is 2.69. The molecule has 0 atom stereocenters. The first-order chi connectivity index (χ1) is 12.1. The third-order valence-electron chi connectivity index (χ3n) is 4.32. The van der Waals surface area contributed by atoms with E-state index in [-0.39, 0.29) is 5.91 Å². The Labute approximate surface area is 154 Å². The topological polar surface area (TPSA) is 64.7 Å². The van der Waals surface area contributed by atoms with E-state index in [0.717, 1.165) is 28.1 Å². The van der Waals surface area contributed by atoms with Crippen LogP contribution in [-0.4, -0.2) is 25.2 Å². The number of anilines is 1. The van der Waals surface area contributed by atoms with Gasteiger partial charge in [0.1, 0.15) is 17.8 Å². The van der Waals surface area contributed by atoms with Crippen LogP contribution in [0.25, 0.3) is 5.69 Å². The Morgan fingerprint density at radius 3 is 2.80 bits per heavy atom. The number of amides is 1. The lowest BCUT2D eigenvalue weighted by Crippen LogP contribution is -2.17. The summed E-state index contributed by atoms with van der Waals surface area (Å²) in [5.41, 5.74) is 2.28. The highest BCUT2D eigenvalue weighted by Gasteiger charge is 2.24. The van der Waals surface area contributed by atoms with Gasteiger partial charge >= 0.3 is 0 Å². The second kappa shape index (κ2) is 6.48. The molecule has 0 saturated heterocycles. The van der Waals surface area contributed by atoms with Crippen molar-refractivity contribution in [3.63, 3.8) is 0 Å². The van der Waals surface area contributed by atoms with Gasteiger partial charge in [-0.15, -0.1) is 0 Å². The van der Waals surface area contributed by atoms with Crippen LogP contribution in [0.2, 0.25) is 0 Å². The van der Waals surface area contributed by atoms with Gasteiger partial charge in [-0.25, -0.2) is 9.67 Å². The Kier molecular flexibility index (Phi) is 4.17. The van der Waals surface area contributed by atoms with Crippen LogP contribution in [0, 0.1) is 12.8 Å². The molecule has 1 N–H and O–H groups in total. The Hall–Kier alpha value is -2.41. The fraction of sp³-hybridized carbons (Fsp3) is 0.278. The van der Waals surface area contributed by atoms with Gasteiger partial charge in [-0.05, 0) is 49.9 Å². The van der Waals surface area contributed by atoms with E-state index in [1.807, 2.05) is 40.4 Å². The van der Waals surface area contributed by atoms with Gasteiger partial charge in [0.2, 0.25) is 0 Å². The molecule has 6 nitrogen and oxygen atoms in total. The Balaban J connectivity index is 1.52. The van der Waals surface area contributed by atoms with Crippen molar-refractivity contribution < 1.29 is 4.79 Å². The maximum absolute atomic E-state index is 12.6. The van der Waals surface area contributed by atoms with Crippen LogP contribution in [0.1, 0.15) is 28.9 Å². The van der Waals surface area contributed by atoms with Crippen molar-refractivity contribution >= 4 is 27.7 Å². The number of carbonyl (C=O) groups is 1. The van der Waals surface area contributed by atoms with Crippen molar-refractivity contribution in [2.45, 2.75) is 26.3 Å². The van der Waals surface area contributed by atoms with Crippen LogP contribution in [0.15, 0.2) is 47.5 Å². The number of halogens is 1. The summed E-state index contributed by atoms with van der Waals surface area (Å²) in [6.07, 6.45) is 7.65. The van der Waals surface area contributed by atoms with E-state index in [1.165, 1.54) is 12.8 Å². The minimum absolute atomic E-state index is 0.225. The van der Waals surface area contributed by atoms with E-state index in [4.69, 9.17) is 0 Å². The van der Waals surface area contributed by atoms with Crippen molar-refractivity contribution in [3.05, 3.63) is 58.7 Å². The Morgan fingerprint density at radius 1 is 1.32 bits per heavy atom. The molecule has 7 heteroatoms. The van der Waals surface area contributed by atoms with Crippen LogP contribution in [0.5, 0.6) is 0 Å². The number of imidazole rings is 1. The molecule has 2 aromatic heterocycles. The van der Waals surface area contributed by atoms with E-state index in [0.29, 0.717) is 11.6 Å². The van der Waals surface area contributed by atoms with Crippen LogP contribution < -0.4 is 5.32 Å². The zero-order valence-electron chi connectivity index (χ0n) is 13.8. The summed E-state index contributed by atoms with van der Waals surface area (Å²) in [6, 6.07) is 7.83. The standard InChI is InChI=1S/C18H18BrN5O/c1-12-8-21-24(9-13-2-3-13)17(12)22-18(25)16-10-23(11-20-16)15-6-4-14(19)5-7-15/h4-8,10-11,13H,2-3,9H2,1H3,(H,22,25). The summed E-state index contributed by atoms with van der Waals surface area (Å²) in [4.78, 5) is 16.8. The summed E-state index contributed by atoms with van der Waals surface area (Å²) < 4.78 is 4.72. The van der Waals surface area contributed by atoms with Gasteiger partial charge in [0, 0.05) is 28.5 Å². The highest BCUT2D eigenvalue weighted by molar-refractivity contribution is 9.10. The highest BCUT2D eigenvalue weighted by atomic mass is 79.9. The summed E-state index contributed by atoms with van der Waals surface area (Å²) in [5.74, 6) is 1.22. The maximum atomic E-state index is 12.6. The van der Waals surface area contributed by atoms with E-state index in [1.54, 1.807) is 18.7 Å². The van der Waals surface area contributed by atoms with Crippen LogP contribution in [0.3, 0.4) is 0 Å². The maximum Gasteiger partial charge on any atom is 0.277 e. The van der Waals surface area contributed by atoms with Crippen molar-refractivity contribution in [1.82, 2.24) is 19.3 Å². The molecular weight excluding hydrogens is 382 g/mol. The number of hydrogen-bond acceptors (Lipinski definition) is 3. The van der Waals surface area contributed by atoms with Gasteiger partial charge in [-0.3, -0.25) is 4.79 Å². The molecule has 0 radical (unpaired) electrons. The summed E-state index contributed by atoms with van der Waals surface area (Å²) in [7, 11) is 0. The quantitative estimate of drug-likeness (QED) is 0.709. The normalized spacial score (nSPS) is 13.8. The number of nitrogens with one attached hydrogen (secondary N) is 1. The molecule has 1 aliphatic rings. The number of aryl methyl sites for hydroxylation is 1. The average Bonchev–Trinajstić information content (AvgIpc) is 3.17. The van der Waals surface area contributed by atoms with Gasteiger partial charge in [-0.1, -0.05) is 15.9 Å². The molecule has 0 aliphatic heterocycles. The number of carbonyl (C=O) groups excluding carboxylic acids is 1. The first kappa shape index (κ1) is 16.1. The van der Waals surface area contributed by atoms with Gasteiger partial charge in [0.25, 0.3) is 5.91 Å². The molecule has 1 aromatic carbocycles. The van der Waals surface area contributed by atoms with Crippen LogP contribution in [0.4, 0.5) is 5.82 Å². The molecular formula is C18H18BrN5O. The lowest BCUT2D eigenvalue weighted by molar-refractivity contribution is 0.102.